The Hall–Kier alpha value is -3.63. The van der Waals surface area contributed by atoms with Gasteiger partial charge in [-0.05, 0) is 33.6 Å². The summed E-state index contributed by atoms with van der Waals surface area (Å²) in [6, 6.07) is 17.5. The summed E-state index contributed by atoms with van der Waals surface area (Å²) in [6.07, 6.45) is 0.108. The van der Waals surface area contributed by atoms with Gasteiger partial charge in [0.25, 0.3) is 12.3 Å². The monoisotopic (exact) mass is 556 g/mol. The van der Waals surface area contributed by atoms with Gasteiger partial charge in [0.05, 0.1) is 22.9 Å². The summed E-state index contributed by atoms with van der Waals surface area (Å²) < 4.78 is 30.7. The molecule has 3 heterocycles. The number of rotatable bonds is 6. The van der Waals surface area contributed by atoms with Gasteiger partial charge in [-0.3, -0.25) is 9.48 Å². The number of aromatic nitrogens is 5. The number of carbonyl (C=O) groups is 1. The van der Waals surface area contributed by atoms with E-state index in [1.807, 2.05) is 24.3 Å². The first-order valence-electron chi connectivity index (χ1n) is 10.4. The summed E-state index contributed by atoms with van der Waals surface area (Å²) in [5, 5.41) is 11.7. The normalized spacial score (nSPS) is 11.3. The van der Waals surface area contributed by atoms with Crippen LogP contribution in [0.2, 0.25) is 5.02 Å². The molecule has 0 aliphatic rings. The number of benzene rings is 2. The Morgan fingerprint density at radius 3 is 2.60 bits per heavy atom. The van der Waals surface area contributed by atoms with E-state index >= 15 is 0 Å². The number of carbonyl (C=O) groups excluding carboxylic acids is 1. The van der Waals surface area contributed by atoms with E-state index in [1.165, 1.54) is 12.3 Å². The van der Waals surface area contributed by atoms with Gasteiger partial charge in [-0.25, -0.2) is 18.3 Å². The smallest absolute Gasteiger partial charge is 0.280 e. The molecule has 2 aromatic carbocycles. The maximum Gasteiger partial charge on any atom is 0.280 e. The highest BCUT2D eigenvalue weighted by Gasteiger charge is 2.22. The van der Waals surface area contributed by atoms with Gasteiger partial charge in [-0.1, -0.05) is 60.1 Å². The Kier molecular flexibility index (Phi) is 6.31. The average Bonchev–Trinajstić information content (AvgIpc) is 3.43. The quantitative estimate of drug-likeness (QED) is 0.268. The lowest BCUT2D eigenvalue weighted by molar-refractivity contribution is 0.102. The molecule has 0 spiro atoms. The fraction of sp³-hybridized carbons (Fsp3) is 0.0833. The minimum atomic E-state index is -2.81. The fourth-order valence-corrected chi connectivity index (χ4v) is 4.21. The number of hydrogen-bond donors (Lipinski definition) is 1. The number of hydrogen-bond acceptors (Lipinski definition) is 4. The second kappa shape index (κ2) is 9.55. The van der Waals surface area contributed by atoms with E-state index in [0.717, 1.165) is 10.1 Å². The highest BCUT2D eigenvalue weighted by Crippen LogP contribution is 2.28. The first-order valence-corrected chi connectivity index (χ1v) is 11.6. The van der Waals surface area contributed by atoms with E-state index < -0.39 is 12.3 Å². The average molecular weight is 558 g/mol. The lowest BCUT2D eigenvalue weighted by Gasteiger charge is -2.08. The molecule has 0 unspecified atom stereocenters. The van der Waals surface area contributed by atoms with Crippen molar-refractivity contribution in [1.82, 2.24) is 24.4 Å². The Balaban J connectivity index is 1.47. The van der Waals surface area contributed by atoms with Crippen molar-refractivity contribution in [2.75, 3.05) is 5.32 Å². The molecule has 5 rings (SSSR count). The second-order valence-electron chi connectivity index (χ2n) is 7.60. The summed E-state index contributed by atoms with van der Waals surface area (Å²) in [5.41, 5.74) is 1.52. The summed E-state index contributed by atoms with van der Waals surface area (Å²) in [4.78, 5) is 17.6. The van der Waals surface area contributed by atoms with Crippen molar-refractivity contribution in [3.8, 4) is 11.3 Å². The molecule has 11 heteroatoms. The standard InChI is InChI=1S/C24H16BrClF2N6O/c25-17-13-33(12-15-8-4-5-9-18(15)26)32-22(17)31-24(35)16-11-29-34-20(21(27)28)10-19(30-23(16)34)14-6-2-1-3-7-14/h1-11,13,21H,12H2,(H,31,32,35). The van der Waals surface area contributed by atoms with E-state index in [1.54, 1.807) is 41.2 Å². The topological polar surface area (TPSA) is 77.1 Å². The first kappa shape index (κ1) is 23.1. The van der Waals surface area contributed by atoms with Crippen molar-refractivity contribution < 1.29 is 13.6 Å². The lowest BCUT2D eigenvalue weighted by Crippen LogP contribution is -2.14. The van der Waals surface area contributed by atoms with Crippen LogP contribution in [0.3, 0.4) is 0 Å². The van der Waals surface area contributed by atoms with Crippen molar-refractivity contribution in [3.05, 3.63) is 99.4 Å². The zero-order valence-electron chi connectivity index (χ0n) is 17.9. The predicted molar refractivity (Wildman–Crippen MR) is 132 cm³/mol. The number of fused-ring (bicyclic) bond motifs is 1. The third-order valence-electron chi connectivity index (χ3n) is 5.28. The molecule has 176 valence electrons. The van der Waals surface area contributed by atoms with Crippen LogP contribution >= 0.6 is 27.5 Å². The van der Waals surface area contributed by atoms with E-state index in [-0.39, 0.29) is 22.7 Å². The van der Waals surface area contributed by atoms with Crippen molar-refractivity contribution >= 4 is 44.9 Å². The molecule has 5 aromatic rings. The molecule has 35 heavy (non-hydrogen) atoms. The number of amides is 1. The van der Waals surface area contributed by atoms with Gasteiger partial charge in [0, 0.05) is 16.8 Å². The molecule has 3 aromatic heterocycles. The number of halogens is 4. The molecule has 0 fully saturated rings. The second-order valence-corrected chi connectivity index (χ2v) is 8.86. The SMILES string of the molecule is O=C(Nc1nn(Cc2ccccc2Cl)cc1Br)c1cnn2c(C(F)F)cc(-c3ccccc3)nc12. The Bertz CT molecular complexity index is 1540. The number of nitrogens with one attached hydrogen (secondary N) is 1. The first-order chi connectivity index (χ1) is 16.9. The molecule has 0 aliphatic carbocycles. The van der Waals surface area contributed by atoms with E-state index in [0.29, 0.717) is 27.3 Å². The molecule has 0 radical (unpaired) electrons. The van der Waals surface area contributed by atoms with Crippen molar-refractivity contribution in [2.24, 2.45) is 0 Å². The van der Waals surface area contributed by atoms with Crippen molar-refractivity contribution in [1.29, 1.82) is 0 Å². The molecule has 0 aliphatic heterocycles. The largest absolute Gasteiger partial charge is 0.304 e. The predicted octanol–water partition coefficient (Wildman–Crippen LogP) is 6.25. The summed E-state index contributed by atoms with van der Waals surface area (Å²) >= 11 is 9.62. The number of nitrogens with zero attached hydrogens (tertiary/aromatic N) is 5. The molecule has 0 saturated carbocycles. The summed E-state index contributed by atoms with van der Waals surface area (Å²) in [7, 11) is 0. The van der Waals surface area contributed by atoms with Gasteiger partial charge < -0.3 is 5.32 Å². The molecular weight excluding hydrogens is 542 g/mol. The number of alkyl halides is 2. The van der Waals surface area contributed by atoms with E-state index in [2.05, 4.69) is 36.4 Å². The van der Waals surface area contributed by atoms with Crippen molar-refractivity contribution in [3.63, 3.8) is 0 Å². The van der Waals surface area contributed by atoms with Crippen LogP contribution in [0.5, 0.6) is 0 Å². The molecule has 7 nitrogen and oxygen atoms in total. The molecule has 1 amide bonds. The maximum absolute atomic E-state index is 13.8. The minimum Gasteiger partial charge on any atom is -0.304 e. The molecular formula is C24H16BrClF2N6O. The zero-order chi connectivity index (χ0) is 24.5. The number of anilines is 1. The zero-order valence-corrected chi connectivity index (χ0v) is 20.2. The molecule has 1 N–H and O–H groups in total. The van der Waals surface area contributed by atoms with Gasteiger partial charge >= 0.3 is 0 Å². The van der Waals surface area contributed by atoms with Gasteiger partial charge in [0.15, 0.2) is 11.5 Å². The molecule has 0 atom stereocenters. The van der Waals surface area contributed by atoms with E-state index in [9.17, 15) is 13.6 Å². The Labute approximate surface area is 211 Å². The van der Waals surface area contributed by atoms with Crippen LogP contribution in [0.1, 0.15) is 28.0 Å². The van der Waals surface area contributed by atoms with Crippen LogP contribution in [-0.4, -0.2) is 30.3 Å². The van der Waals surface area contributed by atoms with Crippen molar-refractivity contribution in [2.45, 2.75) is 13.0 Å². The van der Waals surface area contributed by atoms with Crippen LogP contribution in [0.4, 0.5) is 14.6 Å². The Morgan fingerprint density at radius 1 is 1.11 bits per heavy atom. The highest BCUT2D eigenvalue weighted by atomic mass is 79.9. The van der Waals surface area contributed by atoms with Gasteiger partial charge in [0.2, 0.25) is 0 Å². The summed E-state index contributed by atoms with van der Waals surface area (Å²) in [5.74, 6) is -0.323. The van der Waals surface area contributed by atoms with Gasteiger partial charge in [-0.15, -0.1) is 0 Å². The van der Waals surface area contributed by atoms with Crippen LogP contribution in [0, 0.1) is 0 Å². The molecule has 0 saturated heterocycles. The van der Waals surface area contributed by atoms with Gasteiger partial charge in [-0.2, -0.15) is 10.2 Å². The lowest BCUT2D eigenvalue weighted by atomic mass is 10.1. The Morgan fingerprint density at radius 2 is 1.86 bits per heavy atom. The third kappa shape index (κ3) is 4.67. The minimum absolute atomic E-state index is 0.0192. The summed E-state index contributed by atoms with van der Waals surface area (Å²) in [6.45, 7) is 0.393. The van der Waals surface area contributed by atoms with Crippen LogP contribution < -0.4 is 5.32 Å². The van der Waals surface area contributed by atoms with Gasteiger partial charge in [0.1, 0.15) is 11.3 Å². The third-order valence-corrected chi connectivity index (χ3v) is 6.23. The highest BCUT2D eigenvalue weighted by molar-refractivity contribution is 9.10. The maximum atomic E-state index is 13.8. The van der Waals surface area contributed by atoms with Crippen LogP contribution in [0.25, 0.3) is 16.9 Å². The van der Waals surface area contributed by atoms with E-state index in [4.69, 9.17) is 11.6 Å². The fourth-order valence-electron chi connectivity index (χ4n) is 3.60. The molecule has 0 bridgehead atoms. The van der Waals surface area contributed by atoms with Crippen LogP contribution in [0.15, 0.2) is 77.5 Å². The van der Waals surface area contributed by atoms with Crippen LogP contribution in [-0.2, 0) is 6.54 Å².